The van der Waals surface area contributed by atoms with Crippen molar-refractivity contribution in [3.63, 3.8) is 0 Å². The number of aromatic nitrogens is 2. The van der Waals surface area contributed by atoms with Crippen molar-refractivity contribution in [3.8, 4) is 6.07 Å². The number of fused-ring (bicyclic) bond motifs is 1. The number of carbonyl (C=O) groups is 1. The van der Waals surface area contributed by atoms with E-state index >= 15 is 0 Å². The fourth-order valence-corrected chi connectivity index (χ4v) is 4.02. The minimum Gasteiger partial charge on any atom is -0.317 e. The molecule has 2 aromatic rings. The average Bonchev–Trinajstić information content (AvgIpc) is 3.08. The molecule has 2 aromatic heterocycles. The highest BCUT2D eigenvalue weighted by Gasteiger charge is 2.21. The summed E-state index contributed by atoms with van der Waals surface area (Å²) in [6.45, 7) is 2.47. The van der Waals surface area contributed by atoms with Crippen LogP contribution in [0.5, 0.6) is 0 Å². The lowest BCUT2D eigenvalue weighted by molar-refractivity contribution is -0.116. The number of thiophene rings is 1. The van der Waals surface area contributed by atoms with Crippen molar-refractivity contribution in [2.45, 2.75) is 45.6 Å². The van der Waals surface area contributed by atoms with E-state index in [1.807, 2.05) is 19.2 Å². The minimum absolute atomic E-state index is 0.0664. The van der Waals surface area contributed by atoms with Gasteiger partial charge >= 0.3 is 0 Å². The van der Waals surface area contributed by atoms with Crippen LogP contribution in [0.1, 0.15) is 41.0 Å². The van der Waals surface area contributed by atoms with E-state index in [0.717, 1.165) is 35.5 Å². The Labute approximate surface area is 133 Å². The molecule has 0 saturated carbocycles. The van der Waals surface area contributed by atoms with Crippen LogP contribution in [0.3, 0.4) is 0 Å². The summed E-state index contributed by atoms with van der Waals surface area (Å²) in [6, 6.07) is 4.18. The summed E-state index contributed by atoms with van der Waals surface area (Å²) in [4.78, 5) is 13.4. The van der Waals surface area contributed by atoms with E-state index in [4.69, 9.17) is 0 Å². The Bertz CT molecular complexity index is 738. The van der Waals surface area contributed by atoms with Crippen molar-refractivity contribution >= 4 is 22.2 Å². The average molecular weight is 314 g/mol. The van der Waals surface area contributed by atoms with E-state index in [1.165, 1.54) is 11.3 Å². The predicted molar refractivity (Wildman–Crippen MR) is 85.9 cm³/mol. The molecule has 3 rings (SSSR count). The molecule has 0 bridgehead atoms. The van der Waals surface area contributed by atoms with Gasteiger partial charge in [-0.15, -0.1) is 11.3 Å². The summed E-state index contributed by atoms with van der Waals surface area (Å²) >= 11 is 1.56. The van der Waals surface area contributed by atoms with Crippen LogP contribution in [0.4, 0.5) is 5.00 Å². The molecular weight excluding hydrogens is 296 g/mol. The lowest BCUT2D eigenvalue weighted by Crippen LogP contribution is -2.14. The van der Waals surface area contributed by atoms with Gasteiger partial charge in [0.05, 0.1) is 11.3 Å². The number of nitrogens with one attached hydrogen (secondary N) is 1. The Kier molecular flexibility index (Phi) is 4.25. The Morgan fingerprint density at radius 1 is 1.50 bits per heavy atom. The molecule has 0 fully saturated rings. The monoisotopic (exact) mass is 314 g/mol. The molecule has 0 aromatic carbocycles. The first-order valence-corrected chi connectivity index (χ1v) is 8.33. The van der Waals surface area contributed by atoms with Gasteiger partial charge < -0.3 is 5.32 Å². The van der Waals surface area contributed by atoms with Crippen LogP contribution in [-0.2, 0) is 24.2 Å². The molecule has 6 heteroatoms. The summed E-state index contributed by atoms with van der Waals surface area (Å²) in [5, 5.41) is 17.3. The normalized spacial score (nSPS) is 13.5. The van der Waals surface area contributed by atoms with Gasteiger partial charge in [-0.2, -0.15) is 10.4 Å². The maximum Gasteiger partial charge on any atom is 0.226 e. The van der Waals surface area contributed by atoms with E-state index < -0.39 is 0 Å². The smallest absolute Gasteiger partial charge is 0.226 e. The second kappa shape index (κ2) is 6.32. The van der Waals surface area contributed by atoms with E-state index in [2.05, 4.69) is 16.5 Å². The molecule has 0 spiro atoms. The first-order chi connectivity index (χ1) is 10.7. The molecule has 2 heterocycles. The van der Waals surface area contributed by atoms with Gasteiger partial charge in [-0.05, 0) is 44.2 Å². The van der Waals surface area contributed by atoms with Crippen molar-refractivity contribution in [1.29, 1.82) is 5.26 Å². The molecule has 1 N–H and O–H groups in total. The molecule has 1 amide bonds. The summed E-state index contributed by atoms with van der Waals surface area (Å²) in [7, 11) is 0. The van der Waals surface area contributed by atoms with Crippen molar-refractivity contribution in [2.24, 2.45) is 0 Å². The summed E-state index contributed by atoms with van der Waals surface area (Å²) in [5.74, 6) is -0.0664. The third kappa shape index (κ3) is 3.04. The number of hydrogen-bond donors (Lipinski definition) is 1. The molecule has 0 radical (unpaired) electrons. The molecule has 1 aliphatic carbocycles. The van der Waals surface area contributed by atoms with E-state index in [-0.39, 0.29) is 5.91 Å². The van der Waals surface area contributed by atoms with Gasteiger partial charge in [0, 0.05) is 24.0 Å². The van der Waals surface area contributed by atoms with Gasteiger partial charge in [0.2, 0.25) is 5.91 Å². The zero-order chi connectivity index (χ0) is 15.5. The summed E-state index contributed by atoms with van der Waals surface area (Å²) in [5.41, 5.74) is 2.76. The Hall–Kier alpha value is -2.13. The minimum atomic E-state index is -0.0664. The molecular formula is C16H18N4OS. The van der Waals surface area contributed by atoms with Crippen molar-refractivity contribution in [3.05, 3.63) is 34.0 Å². The number of carbonyl (C=O) groups excluding carboxylic acids is 1. The van der Waals surface area contributed by atoms with E-state index in [9.17, 15) is 10.1 Å². The number of nitrogens with zero attached hydrogens (tertiary/aromatic N) is 3. The number of amides is 1. The van der Waals surface area contributed by atoms with Gasteiger partial charge in [0.15, 0.2) is 0 Å². The van der Waals surface area contributed by atoms with E-state index in [1.54, 1.807) is 16.0 Å². The van der Waals surface area contributed by atoms with Crippen LogP contribution in [0.15, 0.2) is 12.3 Å². The Morgan fingerprint density at radius 2 is 2.32 bits per heavy atom. The molecule has 114 valence electrons. The first-order valence-electron chi connectivity index (χ1n) is 7.52. The quantitative estimate of drug-likeness (QED) is 0.943. The maximum absolute atomic E-state index is 12.1. The second-order valence-corrected chi connectivity index (χ2v) is 6.65. The number of rotatable bonds is 4. The predicted octanol–water partition coefficient (Wildman–Crippen LogP) is 3.03. The zero-order valence-electron chi connectivity index (χ0n) is 12.6. The lowest BCUT2D eigenvalue weighted by Gasteiger charge is -2.09. The lowest BCUT2D eigenvalue weighted by atomic mass is 9.96. The molecule has 0 atom stereocenters. The van der Waals surface area contributed by atoms with Gasteiger partial charge in [0.25, 0.3) is 0 Å². The van der Waals surface area contributed by atoms with Crippen LogP contribution < -0.4 is 5.32 Å². The maximum atomic E-state index is 12.1. The van der Waals surface area contributed by atoms with Crippen molar-refractivity contribution in [2.75, 3.05) is 5.32 Å². The summed E-state index contributed by atoms with van der Waals surface area (Å²) < 4.78 is 1.76. The third-order valence-electron chi connectivity index (χ3n) is 3.88. The Morgan fingerprint density at radius 3 is 3.05 bits per heavy atom. The fraction of sp³-hybridized carbons (Fsp3) is 0.438. The second-order valence-electron chi connectivity index (χ2n) is 5.55. The van der Waals surface area contributed by atoms with Crippen molar-refractivity contribution in [1.82, 2.24) is 9.78 Å². The molecule has 22 heavy (non-hydrogen) atoms. The van der Waals surface area contributed by atoms with Crippen LogP contribution in [0.25, 0.3) is 0 Å². The van der Waals surface area contributed by atoms with E-state index in [0.29, 0.717) is 18.5 Å². The molecule has 1 aliphatic rings. The van der Waals surface area contributed by atoms with Crippen LogP contribution >= 0.6 is 11.3 Å². The topological polar surface area (TPSA) is 70.7 Å². The fourth-order valence-electron chi connectivity index (χ4n) is 2.77. The number of nitriles is 1. The van der Waals surface area contributed by atoms with Gasteiger partial charge in [-0.25, -0.2) is 0 Å². The highest BCUT2D eigenvalue weighted by Crippen LogP contribution is 2.37. The molecule has 0 saturated heterocycles. The number of aryl methyl sites for hydroxylation is 3. The van der Waals surface area contributed by atoms with Gasteiger partial charge in [-0.3, -0.25) is 9.48 Å². The molecule has 0 aliphatic heterocycles. The Balaban J connectivity index is 1.66. The molecule has 0 unspecified atom stereocenters. The highest BCUT2D eigenvalue weighted by atomic mass is 32.1. The zero-order valence-corrected chi connectivity index (χ0v) is 13.4. The summed E-state index contributed by atoms with van der Waals surface area (Å²) in [6.07, 6.45) is 6.50. The van der Waals surface area contributed by atoms with Gasteiger partial charge in [-0.1, -0.05) is 0 Å². The first kappa shape index (κ1) is 14.8. The largest absolute Gasteiger partial charge is 0.317 e. The molecule has 5 nitrogen and oxygen atoms in total. The van der Waals surface area contributed by atoms with Crippen LogP contribution in [-0.4, -0.2) is 15.7 Å². The van der Waals surface area contributed by atoms with Gasteiger partial charge in [0.1, 0.15) is 11.1 Å². The highest BCUT2D eigenvalue weighted by molar-refractivity contribution is 7.16. The van der Waals surface area contributed by atoms with Crippen LogP contribution in [0, 0.1) is 18.3 Å². The third-order valence-corrected chi connectivity index (χ3v) is 5.09. The standard InChI is InChI=1S/C16H18N4OS/c1-11-6-8-20(19-11)9-7-15(21)18-16-13(10-17)12-4-2-3-5-14(12)22-16/h6,8H,2-5,7,9H2,1H3,(H,18,21). The number of anilines is 1. The SMILES string of the molecule is Cc1ccn(CCC(=O)Nc2sc3c(c2C#N)CCCC3)n1. The van der Waals surface area contributed by atoms with Crippen LogP contribution in [0.2, 0.25) is 0 Å². The number of hydrogen-bond acceptors (Lipinski definition) is 4. The van der Waals surface area contributed by atoms with Crippen molar-refractivity contribution < 1.29 is 4.79 Å².